The molecule has 4 heteroatoms. The number of hydrogen-bond acceptors (Lipinski definition) is 3. The molecule has 0 aliphatic heterocycles. The molecule has 0 atom stereocenters. The van der Waals surface area contributed by atoms with Gasteiger partial charge in [-0.2, -0.15) is 0 Å². The highest BCUT2D eigenvalue weighted by atomic mass is 32.1. The first-order chi connectivity index (χ1) is 7.81. The van der Waals surface area contributed by atoms with Crippen LogP contribution in [0.15, 0.2) is 28.2 Å². The van der Waals surface area contributed by atoms with Gasteiger partial charge in [-0.3, -0.25) is 0 Å². The Morgan fingerprint density at radius 2 is 2.19 bits per heavy atom. The molecule has 1 fully saturated rings. The summed E-state index contributed by atoms with van der Waals surface area (Å²) in [6.45, 7) is 0. The van der Waals surface area contributed by atoms with Crippen molar-refractivity contribution in [1.29, 1.82) is 0 Å². The Morgan fingerprint density at radius 3 is 2.75 bits per heavy atom. The van der Waals surface area contributed by atoms with Crippen molar-refractivity contribution in [1.82, 2.24) is 10.2 Å². The van der Waals surface area contributed by atoms with Gasteiger partial charge in [0.25, 0.3) is 4.84 Å². The third-order valence-corrected chi connectivity index (χ3v) is 3.80. The fourth-order valence-corrected chi connectivity index (χ4v) is 2.98. The highest BCUT2D eigenvalue weighted by Gasteiger charge is 2.42. The fraction of sp³-hybridized carbons (Fsp3) is 0.500. The van der Waals surface area contributed by atoms with E-state index in [1.807, 2.05) is 0 Å². The van der Waals surface area contributed by atoms with Crippen molar-refractivity contribution in [2.24, 2.45) is 0 Å². The van der Waals surface area contributed by atoms with Crippen LogP contribution in [0.25, 0.3) is 0 Å². The SMILES string of the molecule is S=c1[nH]nc(C2(C3=CCC=C3)CCCC2)o1. The standard InChI is InChI=1S/C12H14N2OS/c16-11-14-13-10(15-11)12(7-3-4-8-12)9-5-1-2-6-9/h1,5-6H,2-4,7-8H2,(H,14,16). The van der Waals surface area contributed by atoms with E-state index in [9.17, 15) is 0 Å². The van der Waals surface area contributed by atoms with E-state index in [-0.39, 0.29) is 5.41 Å². The molecule has 1 N–H and O–H groups in total. The summed E-state index contributed by atoms with van der Waals surface area (Å²) < 4.78 is 5.56. The maximum absolute atomic E-state index is 5.56. The van der Waals surface area contributed by atoms with Gasteiger partial charge in [0.2, 0.25) is 5.89 Å². The number of aromatic amines is 1. The van der Waals surface area contributed by atoms with Crippen molar-refractivity contribution in [3.05, 3.63) is 34.5 Å². The Morgan fingerprint density at radius 1 is 1.38 bits per heavy atom. The Hall–Kier alpha value is -1.16. The molecular weight excluding hydrogens is 220 g/mol. The average molecular weight is 234 g/mol. The molecule has 2 aliphatic rings. The Bertz CT molecular complexity index is 503. The molecule has 0 amide bonds. The summed E-state index contributed by atoms with van der Waals surface area (Å²) in [6.07, 6.45) is 12.4. The van der Waals surface area contributed by atoms with Gasteiger partial charge in [0.15, 0.2) is 0 Å². The lowest BCUT2D eigenvalue weighted by Crippen LogP contribution is -2.24. The topological polar surface area (TPSA) is 41.8 Å². The van der Waals surface area contributed by atoms with Crippen molar-refractivity contribution in [2.45, 2.75) is 37.5 Å². The lowest BCUT2D eigenvalue weighted by atomic mass is 9.78. The molecule has 0 saturated heterocycles. The molecule has 1 aromatic heterocycles. The second-order valence-electron chi connectivity index (χ2n) is 4.51. The number of nitrogens with zero attached hydrogens (tertiary/aromatic N) is 1. The minimum absolute atomic E-state index is 0.0133. The highest BCUT2D eigenvalue weighted by molar-refractivity contribution is 7.71. The van der Waals surface area contributed by atoms with Gasteiger partial charge < -0.3 is 4.42 Å². The third-order valence-electron chi connectivity index (χ3n) is 3.63. The fourth-order valence-electron chi connectivity index (χ4n) is 2.85. The Labute approximate surface area is 99.3 Å². The summed E-state index contributed by atoms with van der Waals surface area (Å²) in [4.78, 5) is 0.379. The van der Waals surface area contributed by atoms with E-state index in [2.05, 4.69) is 28.4 Å². The summed E-state index contributed by atoms with van der Waals surface area (Å²) in [5.41, 5.74) is 1.34. The summed E-state index contributed by atoms with van der Waals surface area (Å²) in [7, 11) is 0. The van der Waals surface area contributed by atoms with Crippen LogP contribution in [0.3, 0.4) is 0 Å². The minimum Gasteiger partial charge on any atom is -0.413 e. The van der Waals surface area contributed by atoms with E-state index in [0.29, 0.717) is 4.84 Å². The predicted molar refractivity (Wildman–Crippen MR) is 63.7 cm³/mol. The van der Waals surface area contributed by atoms with E-state index < -0.39 is 0 Å². The number of allylic oxidation sites excluding steroid dienone is 4. The number of rotatable bonds is 2. The molecular formula is C12H14N2OS. The number of H-pyrrole nitrogens is 1. The van der Waals surface area contributed by atoms with E-state index in [4.69, 9.17) is 16.6 Å². The van der Waals surface area contributed by atoms with Crippen LogP contribution < -0.4 is 0 Å². The van der Waals surface area contributed by atoms with Crippen LogP contribution >= 0.6 is 12.2 Å². The van der Waals surface area contributed by atoms with Crippen molar-refractivity contribution < 1.29 is 4.42 Å². The molecule has 0 aromatic carbocycles. The van der Waals surface area contributed by atoms with E-state index >= 15 is 0 Å². The minimum atomic E-state index is -0.0133. The third kappa shape index (κ3) is 1.40. The van der Waals surface area contributed by atoms with Crippen molar-refractivity contribution in [3.8, 4) is 0 Å². The van der Waals surface area contributed by atoms with Gasteiger partial charge >= 0.3 is 0 Å². The molecule has 3 rings (SSSR count). The van der Waals surface area contributed by atoms with Crippen LogP contribution in [0.1, 0.15) is 38.0 Å². The van der Waals surface area contributed by atoms with Crippen molar-refractivity contribution in [2.75, 3.05) is 0 Å². The van der Waals surface area contributed by atoms with Gasteiger partial charge in [0.05, 0.1) is 5.41 Å². The first kappa shape index (κ1) is 10.0. The smallest absolute Gasteiger partial charge is 0.284 e. The molecule has 0 unspecified atom stereocenters. The first-order valence-corrected chi connectivity index (χ1v) is 6.15. The monoisotopic (exact) mass is 234 g/mol. The quantitative estimate of drug-likeness (QED) is 0.797. The highest BCUT2D eigenvalue weighted by Crippen LogP contribution is 2.47. The zero-order valence-electron chi connectivity index (χ0n) is 9.03. The molecule has 1 heterocycles. The van der Waals surface area contributed by atoms with E-state index in [1.54, 1.807) is 0 Å². The van der Waals surface area contributed by atoms with Gasteiger partial charge in [-0.25, -0.2) is 5.10 Å². The van der Waals surface area contributed by atoms with Crippen LogP contribution in [0.2, 0.25) is 0 Å². The summed E-state index contributed by atoms with van der Waals surface area (Å²) in [5.74, 6) is 0.771. The Balaban J connectivity index is 2.09. The first-order valence-electron chi connectivity index (χ1n) is 5.74. The van der Waals surface area contributed by atoms with E-state index in [1.165, 1.54) is 18.4 Å². The van der Waals surface area contributed by atoms with Crippen LogP contribution in [0.4, 0.5) is 0 Å². The zero-order chi connectivity index (χ0) is 11.0. The molecule has 1 aromatic rings. The second kappa shape index (κ2) is 3.70. The molecule has 0 bridgehead atoms. The van der Waals surface area contributed by atoms with Crippen LogP contribution in [-0.2, 0) is 5.41 Å². The molecule has 84 valence electrons. The van der Waals surface area contributed by atoms with Gasteiger partial charge in [0.1, 0.15) is 0 Å². The molecule has 2 aliphatic carbocycles. The van der Waals surface area contributed by atoms with Crippen molar-refractivity contribution >= 4 is 12.2 Å². The molecule has 0 radical (unpaired) electrons. The molecule has 1 saturated carbocycles. The normalized spacial score (nSPS) is 22.6. The lowest BCUT2D eigenvalue weighted by Gasteiger charge is -2.25. The largest absolute Gasteiger partial charge is 0.413 e. The summed E-state index contributed by atoms with van der Waals surface area (Å²) in [5, 5.41) is 6.98. The maximum atomic E-state index is 5.56. The predicted octanol–water partition coefficient (Wildman–Crippen LogP) is 3.43. The molecule has 3 nitrogen and oxygen atoms in total. The lowest BCUT2D eigenvalue weighted by molar-refractivity contribution is 0.368. The van der Waals surface area contributed by atoms with Gasteiger partial charge in [-0.05, 0) is 37.1 Å². The number of hydrogen-bond donors (Lipinski definition) is 1. The second-order valence-corrected chi connectivity index (χ2v) is 4.88. The van der Waals surface area contributed by atoms with Crippen LogP contribution in [0.5, 0.6) is 0 Å². The van der Waals surface area contributed by atoms with Crippen molar-refractivity contribution in [3.63, 3.8) is 0 Å². The Kier molecular flexibility index (Phi) is 2.32. The number of nitrogens with one attached hydrogen (secondary N) is 1. The maximum Gasteiger partial charge on any atom is 0.284 e. The van der Waals surface area contributed by atoms with Gasteiger partial charge in [-0.15, -0.1) is 5.10 Å². The van der Waals surface area contributed by atoms with Gasteiger partial charge in [0, 0.05) is 0 Å². The summed E-state index contributed by atoms with van der Waals surface area (Å²) >= 11 is 4.97. The number of aromatic nitrogens is 2. The molecule has 0 spiro atoms. The van der Waals surface area contributed by atoms with Crippen LogP contribution in [0, 0.1) is 4.84 Å². The van der Waals surface area contributed by atoms with E-state index in [0.717, 1.165) is 25.2 Å². The van der Waals surface area contributed by atoms with Crippen LogP contribution in [-0.4, -0.2) is 10.2 Å². The average Bonchev–Trinajstić information content (AvgIpc) is 2.98. The zero-order valence-corrected chi connectivity index (χ0v) is 9.85. The van der Waals surface area contributed by atoms with Gasteiger partial charge in [-0.1, -0.05) is 31.1 Å². The molecule has 16 heavy (non-hydrogen) atoms. The summed E-state index contributed by atoms with van der Waals surface area (Å²) in [6, 6.07) is 0.